The fraction of sp³-hybridized carbons (Fsp3) is 0.500. The van der Waals surface area contributed by atoms with Crippen LogP contribution in [0.5, 0.6) is 0 Å². The first-order chi connectivity index (χ1) is 16.3. The van der Waals surface area contributed by atoms with Crippen molar-refractivity contribution in [3.05, 3.63) is 42.5 Å². The molecule has 8 nitrogen and oxygen atoms in total. The molecule has 5 rings (SSSR count). The largest absolute Gasteiger partial charge is 0.396 e. The maximum atomic E-state index is 13.8. The van der Waals surface area contributed by atoms with Crippen molar-refractivity contribution in [2.45, 2.75) is 43.9 Å². The minimum Gasteiger partial charge on any atom is -0.396 e. The number of nitrogens with one attached hydrogen (secondary N) is 2. The molecule has 8 heteroatoms. The van der Waals surface area contributed by atoms with Gasteiger partial charge in [-0.05, 0) is 48.6 Å². The summed E-state index contributed by atoms with van der Waals surface area (Å²) in [7, 11) is 1.56. The second-order valence-electron chi connectivity index (χ2n) is 9.98. The Labute approximate surface area is 198 Å². The molecule has 3 N–H and O–H groups in total. The summed E-state index contributed by atoms with van der Waals surface area (Å²) in [4.78, 5) is 42.0. The van der Waals surface area contributed by atoms with Crippen LogP contribution < -0.4 is 10.6 Å². The molecular weight excluding hydrogens is 434 g/mol. The first-order valence-electron chi connectivity index (χ1n) is 11.9. The fourth-order valence-electron chi connectivity index (χ4n) is 6.55. The Balaban J connectivity index is 1.54. The lowest BCUT2D eigenvalue weighted by atomic mass is 9.62. The Morgan fingerprint density at radius 3 is 2.62 bits per heavy atom. The maximum Gasteiger partial charge on any atom is 0.250 e. The van der Waals surface area contributed by atoms with Crippen molar-refractivity contribution < 1.29 is 24.2 Å². The number of hydrogen-bond donors (Lipinski definition) is 3. The summed E-state index contributed by atoms with van der Waals surface area (Å²) in [5.74, 6) is -2.25. The third kappa shape index (κ3) is 3.08. The van der Waals surface area contributed by atoms with Gasteiger partial charge in [0, 0.05) is 25.9 Å². The van der Waals surface area contributed by atoms with Crippen LogP contribution in [0.3, 0.4) is 0 Å². The van der Waals surface area contributed by atoms with Gasteiger partial charge in [-0.3, -0.25) is 14.4 Å². The highest BCUT2D eigenvalue weighted by Gasteiger charge is 2.79. The lowest BCUT2D eigenvalue weighted by molar-refractivity contribution is -0.146. The third-order valence-electron chi connectivity index (χ3n) is 8.17. The number of nitrogens with zero attached hydrogens (tertiary/aromatic N) is 1. The van der Waals surface area contributed by atoms with Gasteiger partial charge >= 0.3 is 0 Å². The monoisotopic (exact) mass is 465 g/mol. The molecule has 0 saturated carbocycles. The number of aliphatic hydroxyl groups excluding tert-OH is 1. The van der Waals surface area contributed by atoms with Crippen LogP contribution in [0.2, 0.25) is 0 Å². The fourth-order valence-corrected chi connectivity index (χ4v) is 6.55. The van der Waals surface area contributed by atoms with Crippen LogP contribution in [0, 0.1) is 17.8 Å². The molecule has 2 bridgehead atoms. The van der Waals surface area contributed by atoms with Crippen molar-refractivity contribution in [2.24, 2.45) is 17.8 Å². The molecule has 6 atom stereocenters. The minimum atomic E-state index is -1.08. The second kappa shape index (κ2) is 8.06. The molecule has 3 aliphatic heterocycles. The molecule has 1 spiro atoms. The molecule has 3 fully saturated rings. The van der Waals surface area contributed by atoms with Crippen molar-refractivity contribution >= 4 is 34.2 Å². The maximum absolute atomic E-state index is 13.8. The van der Waals surface area contributed by atoms with Gasteiger partial charge in [0.25, 0.3) is 0 Å². The number of ether oxygens (including phenoxy) is 1. The third-order valence-corrected chi connectivity index (χ3v) is 8.17. The number of benzene rings is 2. The highest BCUT2D eigenvalue weighted by atomic mass is 16.5. The average Bonchev–Trinajstić information content (AvgIpc) is 3.33. The van der Waals surface area contributed by atoms with Crippen molar-refractivity contribution in [2.75, 3.05) is 25.5 Å². The zero-order valence-corrected chi connectivity index (χ0v) is 19.7. The lowest BCUT2D eigenvalue weighted by Gasteiger charge is -2.36. The van der Waals surface area contributed by atoms with E-state index in [1.165, 1.54) is 4.90 Å². The van der Waals surface area contributed by atoms with Crippen LogP contribution in [0.1, 0.15) is 26.7 Å². The van der Waals surface area contributed by atoms with E-state index >= 15 is 0 Å². The molecule has 0 aromatic heterocycles. The highest BCUT2D eigenvalue weighted by Crippen LogP contribution is 2.65. The Hall–Kier alpha value is -2.97. The van der Waals surface area contributed by atoms with Gasteiger partial charge in [-0.2, -0.15) is 0 Å². The molecule has 3 heterocycles. The van der Waals surface area contributed by atoms with E-state index in [4.69, 9.17) is 4.74 Å². The number of rotatable bonds is 6. The molecule has 2 aromatic rings. The number of fused-ring (bicyclic) bond motifs is 2. The van der Waals surface area contributed by atoms with Crippen LogP contribution in [-0.2, 0) is 19.1 Å². The van der Waals surface area contributed by atoms with Gasteiger partial charge in [0.15, 0.2) is 0 Å². The van der Waals surface area contributed by atoms with E-state index in [1.54, 1.807) is 7.05 Å². The lowest BCUT2D eigenvalue weighted by Crippen LogP contribution is -2.54. The Morgan fingerprint density at radius 1 is 1.18 bits per heavy atom. The van der Waals surface area contributed by atoms with Crippen molar-refractivity contribution in [3.8, 4) is 0 Å². The minimum absolute atomic E-state index is 0.00684. The molecule has 0 radical (unpaired) electrons. The van der Waals surface area contributed by atoms with Gasteiger partial charge in [0.1, 0.15) is 11.6 Å². The van der Waals surface area contributed by atoms with Crippen molar-refractivity contribution in [1.82, 2.24) is 10.2 Å². The number of amides is 3. The Morgan fingerprint density at radius 2 is 1.91 bits per heavy atom. The molecule has 34 heavy (non-hydrogen) atoms. The van der Waals surface area contributed by atoms with E-state index in [-0.39, 0.29) is 36.8 Å². The molecule has 3 unspecified atom stereocenters. The number of aliphatic hydroxyl groups is 1. The van der Waals surface area contributed by atoms with E-state index in [9.17, 15) is 19.5 Å². The summed E-state index contributed by atoms with van der Waals surface area (Å²) in [6.45, 7) is 4.01. The van der Waals surface area contributed by atoms with E-state index in [0.717, 1.165) is 10.8 Å². The number of anilines is 1. The van der Waals surface area contributed by atoms with E-state index < -0.39 is 29.1 Å². The van der Waals surface area contributed by atoms with Gasteiger partial charge in [-0.15, -0.1) is 0 Å². The predicted molar refractivity (Wildman–Crippen MR) is 127 cm³/mol. The molecule has 180 valence electrons. The van der Waals surface area contributed by atoms with Crippen molar-refractivity contribution in [1.29, 1.82) is 0 Å². The van der Waals surface area contributed by atoms with Crippen LogP contribution in [-0.4, -0.2) is 65.2 Å². The van der Waals surface area contributed by atoms with Crippen LogP contribution >= 0.6 is 0 Å². The SMILES string of the molecule is CNC(=O)[C@@H]1[C@H]2C(=O)N(CCCO)C(C(=O)Nc3ccc4ccccc4c3)C23CC(C)[C@@]1(C)O3. The Kier molecular flexibility index (Phi) is 5.41. The summed E-state index contributed by atoms with van der Waals surface area (Å²) in [6.07, 6.45) is 0.852. The smallest absolute Gasteiger partial charge is 0.250 e. The highest BCUT2D eigenvalue weighted by molar-refractivity contribution is 6.04. The van der Waals surface area contributed by atoms with Gasteiger partial charge < -0.3 is 25.4 Å². The van der Waals surface area contributed by atoms with Gasteiger partial charge in [0.2, 0.25) is 17.7 Å². The molecule has 3 aliphatic rings. The zero-order valence-electron chi connectivity index (χ0n) is 19.7. The second-order valence-corrected chi connectivity index (χ2v) is 9.98. The van der Waals surface area contributed by atoms with E-state index in [2.05, 4.69) is 10.6 Å². The first-order valence-corrected chi connectivity index (χ1v) is 11.9. The number of carbonyl (C=O) groups excluding carboxylic acids is 3. The molecule has 0 aliphatic carbocycles. The van der Waals surface area contributed by atoms with Crippen LogP contribution in [0.15, 0.2) is 42.5 Å². The average molecular weight is 466 g/mol. The normalized spacial score (nSPS) is 33.9. The predicted octanol–water partition coefficient (Wildman–Crippen LogP) is 1.92. The van der Waals surface area contributed by atoms with Gasteiger partial charge in [-0.1, -0.05) is 37.3 Å². The standard InChI is InChI=1S/C26H31N3O5/c1-15-14-26-20(19(22(31)27-3)25(15,2)34-26)24(33)29(11-6-12-30)21(26)23(32)28-18-10-9-16-7-4-5-8-17(16)13-18/h4-5,7-10,13,15,19-21,30H,6,11-12,14H2,1-3H3,(H,27,31)(H,28,32)/t15?,19-,20-,21?,25+,26?/m0/s1. The topological polar surface area (TPSA) is 108 Å². The van der Waals surface area contributed by atoms with E-state index in [0.29, 0.717) is 18.5 Å². The Bertz CT molecular complexity index is 1170. The summed E-state index contributed by atoms with van der Waals surface area (Å²) < 4.78 is 6.59. The zero-order chi connectivity index (χ0) is 24.3. The van der Waals surface area contributed by atoms with E-state index in [1.807, 2.05) is 56.3 Å². The van der Waals surface area contributed by atoms with Crippen LogP contribution in [0.25, 0.3) is 10.8 Å². The number of carbonyl (C=O) groups is 3. The molecule has 3 amide bonds. The van der Waals surface area contributed by atoms with Gasteiger partial charge in [0.05, 0.1) is 17.4 Å². The summed E-state index contributed by atoms with van der Waals surface area (Å²) in [6, 6.07) is 12.7. The molecule has 3 saturated heterocycles. The summed E-state index contributed by atoms with van der Waals surface area (Å²) >= 11 is 0. The number of likely N-dealkylation sites (tertiary alicyclic amines) is 1. The van der Waals surface area contributed by atoms with Crippen molar-refractivity contribution in [3.63, 3.8) is 0 Å². The molecule has 2 aromatic carbocycles. The summed E-state index contributed by atoms with van der Waals surface area (Å²) in [5, 5.41) is 17.2. The quantitative estimate of drug-likeness (QED) is 0.604. The first kappa shape index (κ1) is 22.8. The summed E-state index contributed by atoms with van der Waals surface area (Å²) in [5.41, 5.74) is -1.28. The van der Waals surface area contributed by atoms with Gasteiger partial charge in [-0.25, -0.2) is 0 Å². The van der Waals surface area contributed by atoms with Crippen LogP contribution in [0.4, 0.5) is 5.69 Å². The molecular formula is C26H31N3O5. The number of hydrogen-bond acceptors (Lipinski definition) is 5.